The Kier molecular flexibility index (Phi) is 5.32. The molecule has 28 heavy (non-hydrogen) atoms. The first-order valence-corrected chi connectivity index (χ1v) is 9.02. The van der Waals surface area contributed by atoms with E-state index in [2.05, 4.69) is 5.32 Å². The maximum atomic E-state index is 12.6. The van der Waals surface area contributed by atoms with Crippen LogP contribution >= 0.6 is 11.8 Å². The van der Waals surface area contributed by atoms with Gasteiger partial charge in [-0.1, -0.05) is 12.1 Å². The van der Waals surface area contributed by atoms with E-state index in [-0.39, 0.29) is 17.8 Å². The predicted octanol–water partition coefficient (Wildman–Crippen LogP) is 3.21. The van der Waals surface area contributed by atoms with Crippen molar-refractivity contribution in [3.05, 3.63) is 58.1 Å². The predicted molar refractivity (Wildman–Crippen MR) is 103 cm³/mol. The van der Waals surface area contributed by atoms with Gasteiger partial charge in [-0.3, -0.25) is 24.5 Å². The number of carbonyl (C=O) groups excluding carboxylic acids is 3. The van der Waals surface area contributed by atoms with Crippen LogP contribution in [0.5, 0.6) is 5.75 Å². The van der Waals surface area contributed by atoms with Crippen molar-refractivity contribution in [3.8, 4) is 5.75 Å². The molecule has 0 bridgehead atoms. The molecule has 9 nitrogen and oxygen atoms in total. The van der Waals surface area contributed by atoms with E-state index in [1.54, 1.807) is 18.2 Å². The Morgan fingerprint density at radius 3 is 2.68 bits per heavy atom. The first-order valence-electron chi connectivity index (χ1n) is 8.15. The summed E-state index contributed by atoms with van der Waals surface area (Å²) in [6.07, 6.45) is -0.284. The van der Waals surface area contributed by atoms with Crippen molar-refractivity contribution in [2.45, 2.75) is 18.6 Å². The first kappa shape index (κ1) is 19.4. The summed E-state index contributed by atoms with van der Waals surface area (Å²) < 4.78 is 0. The smallest absolute Gasteiger partial charge is 0.293 e. The summed E-state index contributed by atoms with van der Waals surface area (Å²) in [7, 11) is 0. The highest BCUT2D eigenvalue weighted by atomic mass is 32.2. The quantitative estimate of drug-likeness (QED) is 0.447. The summed E-state index contributed by atoms with van der Waals surface area (Å²) in [4.78, 5) is 48.1. The number of non-ortho nitro benzene ring substituents is 1. The molecule has 3 rings (SSSR count). The number of aryl methyl sites for hydroxylation is 1. The summed E-state index contributed by atoms with van der Waals surface area (Å²) in [6.45, 7) is 1.84. The lowest BCUT2D eigenvalue weighted by Gasteiger charge is -2.14. The van der Waals surface area contributed by atoms with E-state index in [4.69, 9.17) is 0 Å². The number of nitro benzene ring substituents is 1. The molecule has 0 aromatic heterocycles. The molecular formula is C18H15N3O6S. The fourth-order valence-corrected chi connectivity index (χ4v) is 3.68. The molecule has 2 N–H and O–H groups in total. The van der Waals surface area contributed by atoms with E-state index in [1.165, 1.54) is 6.07 Å². The third kappa shape index (κ3) is 3.96. The number of phenolic OH excluding ortho intramolecular Hbond substituents is 1. The second-order valence-electron chi connectivity index (χ2n) is 6.10. The van der Waals surface area contributed by atoms with Crippen LogP contribution in [0.2, 0.25) is 0 Å². The first-order chi connectivity index (χ1) is 13.3. The average molecular weight is 401 g/mol. The molecule has 2 aromatic carbocycles. The molecule has 1 fully saturated rings. The van der Waals surface area contributed by atoms with Crippen molar-refractivity contribution in [2.75, 3.05) is 10.2 Å². The lowest BCUT2D eigenvalue weighted by atomic mass is 10.2. The van der Waals surface area contributed by atoms with E-state index in [0.717, 1.165) is 34.4 Å². The van der Waals surface area contributed by atoms with Crippen molar-refractivity contribution in [1.29, 1.82) is 0 Å². The number of benzene rings is 2. The Bertz CT molecular complexity index is 993. The highest BCUT2D eigenvalue weighted by Gasteiger charge is 2.41. The number of thioether (sulfide) groups is 1. The van der Waals surface area contributed by atoms with Crippen molar-refractivity contribution < 1.29 is 24.4 Å². The molecule has 0 spiro atoms. The minimum Gasteiger partial charge on any atom is -0.506 e. The van der Waals surface area contributed by atoms with Crippen LogP contribution in [-0.2, 0) is 9.59 Å². The summed E-state index contributed by atoms with van der Waals surface area (Å²) in [6, 6.07) is 10.1. The van der Waals surface area contributed by atoms with Gasteiger partial charge in [0.05, 0.1) is 22.4 Å². The molecular weight excluding hydrogens is 386 g/mol. The molecule has 2 aromatic rings. The molecule has 10 heteroatoms. The van der Waals surface area contributed by atoms with Gasteiger partial charge in [0.2, 0.25) is 11.8 Å². The Balaban J connectivity index is 1.69. The van der Waals surface area contributed by atoms with Crippen LogP contribution in [0.3, 0.4) is 0 Å². The number of carbonyl (C=O) groups is 3. The molecule has 1 aliphatic rings. The number of aromatic hydroxyl groups is 1. The van der Waals surface area contributed by atoms with E-state index < -0.39 is 33.0 Å². The maximum Gasteiger partial charge on any atom is 0.293 e. The van der Waals surface area contributed by atoms with E-state index in [1.807, 2.05) is 13.0 Å². The molecule has 1 heterocycles. The number of phenols is 1. The van der Waals surface area contributed by atoms with E-state index >= 15 is 0 Å². The number of hydrogen-bond acceptors (Lipinski definition) is 7. The zero-order valence-corrected chi connectivity index (χ0v) is 15.4. The molecule has 1 saturated heterocycles. The highest BCUT2D eigenvalue weighted by molar-refractivity contribution is 8.15. The van der Waals surface area contributed by atoms with Crippen molar-refractivity contribution in [3.63, 3.8) is 0 Å². The van der Waals surface area contributed by atoms with Gasteiger partial charge in [-0.25, -0.2) is 4.90 Å². The van der Waals surface area contributed by atoms with Gasteiger partial charge < -0.3 is 10.4 Å². The van der Waals surface area contributed by atoms with Gasteiger partial charge >= 0.3 is 0 Å². The normalized spacial score (nSPS) is 16.3. The van der Waals surface area contributed by atoms with Gasteiger partial charge in [0.1, 0.15) is 11.0 Å². The molecule has 144 valence electrons. The van der Waals surface area contributed by atoms with Crippen LogP contribution in [0.1, 0.15) is 12.0 Å². The van der Waals surface area contributed by atoms with Crippen LogP contribution in [0, 0.1) is 17.0 Å². The number of nitrogens with zero attached hydrogens (tertiary/aromatic N) is 2. The van der Waals surface area contributed by atoms with Gasteiger partial charge in [-0.15, -0.1) is 0 Å². The van der Waals surface area contributed by atoms with Crippen molar-refractivity contribution >= 4 is 45.9 Å². The highest BCUT2D eigenvalue weighted by Crippen LogP contribution is 2.34. The molecule has 1 atom stereocenters. The average Bonchev–Trinajstić information content (AvgIpc) is 2.90. The number of anilines is 2. The Hall–Kier alpha value is -3.40. The Morgan fingerprint density at radius 2 is 2.04 bits per heavy atom. The summed E-state index contributed by atoms with van der Waals surface area (Å²) >= 11 is 0.757. The fourth-order valence-electron chi connectivity index (χ4n) is 2.70. The van der Waals surface area contributed by atoms with Crippen LogP contribution in [0.4, 0.5) is 21.9 Å². The molecule has 1 aliphatic heterocycles. The number of nitrogens with one attached hydrogen (secondary N) is 1. The standard InChI is InChI=1S/C18H15N3O6S/c1-10-3-2-4-11(7-10)20-17(24)15(28-18(20)25)9-16(23)19-13-6-5-12(21(26)27)8-14(13)22/h2-8,15,22H,9H2,1H3,(H,19,23). The number of amides is 3. The molecule has 0 aliphatic carbocycles. The van der Waals surface area contributed by atoms with Gasteiger partial charge in [0.15, 0.2) is 0 Å². The van der Waals surface area contributed by atoms with Crippen molar-refractivity contribution in [2.24, 2.45) is 0 Å². The third-order valence-electron chi connectivity index (χ3n) is 4.02. The minimum absolute atomic E-state index is 0.0205. The number of imide groups is 1. The maximum absolute atomic E-state index is 12.6. The van der Waals surface area contributed by atoms with Crippen LogP contribution in [-0.4, -0.2) is 32.3 Å². The number of hydrogen-bond donors (Lipinski definition) is 2. The van der Waals surface area contributed by atoms with Gasteiger partial charge in [-0.2, -0.15) is 0 Å². The molecule has 0 radical (unpaired) electrons. The summed E-state index contributed by atoms with van der Waals surface area (Å²) in [5, 5.41) is 21.5. The molecule has 3 amide bonds. The van der Waals surface area contributed by atoms with Crippen molar-refractivity contribution in [1.82, 2.24) is 0 Å². The number of nitro groups is 1. The zero-order valence-electron chi connectivity index (χ0n) is 14.6. The largest absolute Gasteiger partial charge is 0.506 e. The summed E-state index contributed by atoms with van der Waals surface area (Å²) in [5.41, 5.74) is 0.987. The van der Waals surface area contributed by atoms with Crippen LogP contribution in [0.25, 0.3) is 0 Å². The minimum atomic E-state index is -0.895. The van der Waals surface area contributed by atoms with Gasteiger partial charge in [0.25, 0.3) is 10.9 Å². The lowest BCUT2D eigenvalue weighted by Crippen LogP contribution is -2.33. The van der Waals surface area contributed by atoms with Crippen LogP contribution in [0.15, 0.2) is 42.5 Å². The number of rotatable bonds is 5. The zero-order chi connectivity index (χ0) is 20.4. The summed E-state index contributed by atoms with van der Waals surface area (Å²) in [5.74, 6) is -1.57. The fraction of sp³-hybridized carbons (Fsp3) is 0.167. The van der Waals surface area contributed by atoms with E-state index in [9.17, 15) is 29.6 Å². The lowest BCUT2D eigenvalue weighted by molar-refractivity contribution is -0.384. The van der Waals surface area contributed by atoms with Gasteiger partial charge in [0, 0.05) is 12.5 Å². The van der Waals surface area contributed by atoms with Gasteiger partial charge in [-0.05, 0) is 42.4 Å². The monoisotopic (exact) mass is 401 g/mol. The van der Waals surface area contributed by atoms with E-state index in [0.29, 0.717) is 5.69 Å². The second-order valence-corrected chi connectivity index (χ2v) is 7.25. The molecule has 0 saturated carbocycles. The Labute approximate surface area is 163 Å². The van der Waals surface area contributed by atoms with Crippen LogP contribution < -0.4 is 10.2 Å². The Morgan fingerprint density at radius 1 is 1.29 bits per heavy atom. The second kappa shape index (κ2) is 7.69. The molecule has 1 unspecified atom stereocenters. The topological polar surface area (TPSA) is 130 Å². The third-order valence-corrected chi connectivity index (χ3v) is 5.06. The SMILES string of the molecule is Cc1cccc(N2C(=O)SC(CC(=O)Nc3ccc([N+](=O)[O-])cc3O)C2=O)c1.